The topological polar surface area (TPSA) is 50.0 Å². The Balaban J connectivity index is 1.61. The zero-order valence-electron chi connectivity index (χ0n) is 15.8. The fraction of sp³-hybridized carbons (Fsp3) is 0.667. The first-order valence-electron chi connectivity index (χ1n) is 8.83. The summed E-state index contributed by atoms with van der Waals surface area (Å²) in [5.41, 5.74) is -0.616. The summed E-state index contributed by atoms with van der Waals surface area (Å²) in [6, 6.07) is 0. The number of thiazole rings is 1. The van der Waals surface area contributed by atoms with Crippen molar-refractivity contribution >= 4 is 61.8 Å². The number of hydrogen-bond donors (Lipinski definition) is 0. The summed E-state index contributed by atoms with van der Waals surface area (Å²) >= 11 is 7.29. The Morgan fingerprint density at radius 2 is 1.42 bits per heavy atom. The molecule has 3 atom stereocenters. The lowest BCUT2D eigenvalue weighted by Gasteiger charge is -2.21. The van der Waals surface area contributed by atoms with Gasteiger partial charge < -0.3 is 0 Å². The van der Waals surface area contributed by atoms with Gasteiger partial charge >= 0.3 is 0 Å². The molecule has 1 aromatic heterocycles. The van der Waals surface area contributed by atoms with E-state index in [0.29, 0.717) is 5.92 Å². The fourth-order valence-electron chi connectivity index (χ4n) is 3.18. The normalized spacial score (nSPS) is 37.2. The quantitative estimate of drug-likeness (QED) is 0.685. The van der Waals surface area contributed by atoms with Crippen LogP contribution in [-0.4, -0.2) is 48.5 Å². The fourth-order valence-corrected chi connectivity index (χ4v) is 8.06. The van der Waals surface area contributed by atoms with E-state index in [0.717, 1.165) is 27.3 Å². The van der Waals surface area contributed by atoms with E-state index in [1.165, 1.54) is 10.1 Å². The molecule has 0 amide bonds. The van der Waals surface area contributed by atoms with Gasteiger partial charge in [-0.15, -0.1) is 46.6 Å². The number of aromatic nitrogens is 1. The van der Waals surface area contributed by atoms with Gasteiger partial charge in [-0.3, -0.25) is 15.0 Å². The van der Waals surface area contributed by atoms with Crippen LogP contribution in [0.3, 0.4) is 0 Å². The zero-order valence-corrected chi connectivity index (χ0v) is 19.0. The van der Waals surface area contributed by atoms with E-state index in [1.807, 2.05) is 46.9 Å². The average molecular weight is 425 g/mol. The van der Waals surface area contributed by atoms with Crippen LogP contribution in [0.4, 0.5) is 0 Å². The molecule has 3 aliphatic heterocycles. The average Bonchev–Trinajstić information content (AvgIpc) is 3.33. The van der Waals surface area contributed by atoms with Gasteiger partial charge in [0.1, 0.15) is 21.6 Å². The van der Waals surface area contributed by atoms with Gasteiger partial charge in [0.15, 0.2) is 0 Å². The monoisotopic (exact) mass is 424 g/mol. The van der Waals surface area contributed by atoms with Crippen LogP contribution < -0.4 is 0 Å². The lowest BCUT2D eigenvalue weighted by atomic mass is 10.0. The standard InChI is InChI=1S/C18H24N4S4/c1-11(2)12-20-17(4,8-24-12)14-22-18(5,10-26-14)15-21-16(3,9-25-15)13-19-6-7-23-13/h6-7,11H,8-10H2,1-5H3/t16-,17-,18-/m0/s1. The summed E-state index contributed by atoms with van der Waals surface area (Å²) < 4.78 is 0. The molecule has 0 spiro atoms. The Kier molecular flexibility index (Phi) is 4.86. The van der Waals surface area contributed by atoms with Crippen molar-refractivity contribution in [3.8, 4) is 0 Å². The van der Waals surface area contributed by atoms with E-state index < -0.39 is 0 Å². The molecule has 0 aliphatic carbocycles. The van der Waals surface area contributed by atoms with Gasteiger partial charge in [-0.25, -0.2) is 4.98 Å². The highest BCUT2D eigenvalue weighted by atomic mass is 32.2. The molecule has 0 saturated carbocycles. The van der Waals surface area contributed by atoms with Crippen LogP contribution in [0.25, 0.3) is 0 Å². The molecule has 0 fully saturated rings. The van der Waals surface area contributed by atoms with Crippen molar-refractivity contribution in [1.82, 2.24) is 4.98 Å². The molecular weight excluding hydrogens is 400 g/mol. The Morgan fingerprint density at radius 1 is 0.846 bits per heavy atom. The van der Waals surface area contributed by atoms with E-state index in [9.17, 15) is 0 Å². The van der Waals surface area contributed by atoms with E-state index in [-0.39, 0.29) is 16.6 Å². The van der Waals surface area contributed by atoms with Gasteiger partial charge in [0, 0.05) is 34.8 Å². The van der Waals surface area contributed by atoms with Crippen LogP contribution in [0.2, 0.25) is 0 Å². The second kappa shape index (κ2) is 6.64. The molecule has 4 heterocycles. The van der Waals surface area contributed by atoms with Gasteiger partial charge in [0.2, 0.25) is 0 Å². The van der Waals surface area contributed by atoms with Crippen LogP contribution in [0.5, 0.6) is 0 Å². The third-order valence-corrected chi connectivity index (χ3v) is 10.5. The lowest BCUT2D eigenvalue weighted by molar-refractivity contribution is 0.568. The minimum absolute atomic E-state index is 0.171. The molecule has 4 rings (SSSR count). The van der Waals surface area contributed by atoms with Crippen LogP contribution >= 0.6 is 46.6 Å². The van der Waals surface area contributed by atoms with Gasteiger partial charge in [0.05, 0.1) is 15.1 Å². The molecular formula is C18H24N4S4. The predicted molar refractivity (Wildman–Crippen MR) is 121 cm³/mol. The minimum atomic E-state index is -0.233. The first-order chi connectivity index (χ1) is 12.2. The van der Waals surface area contributed by atoms with Gasteiger partial charge in [-0.05, 0) is 20.8 Å². The maximum absolute atomic E-state index is 5.19. The van der Waals surface area contributed by atoms with E-state index in [1.54, 1.807) is 11.3 Å². The van der Waals surface area contributed by atoms with Crippen LogP contribution in [0.15, 0.2) is 26.6 Å². The number of thioether (sulfide) groups is 3. The second-order valence-corrected chi connectivity index (χ2v) is 11.8. The first kappa shape index (κ1) is 19.0. The smallest absolute Gasteiger partial charge is 0.121 e. The van der Waals surface area contributed by atoms with Crippen molar-refractivity contribution in [1.29, 1.82) is 0 Å². The molecule has 8 heteroatoms. The van der Waals surface area contributed by atoms with E-state index in [4.69, 9.17) is 15.0 Å². The van der Waals surface area contributed by atoms with E-state index in [2.05, 4.69) is 39.6 Å². The number of rotatable bonds is 4. The van der Waals surface area contributed by atoms with Gasteiger partial charge in [0.25, 0.3) is 0 Å². The largest absolute Gasteiger partial charge is 0.268 e. The third-order valence-electron chi connectivity index (χ3n) is 4.84. The van der Waals surface area contributed by atoms with Crippen molar-refractivity contribution < 1.29 is 0 Å². The molecule has 3 aliphatic rings. The number of hydrogen-bond acceptors (Lipinski definition) is 8. The molecule has 0 saturated heterocycles. The van der Waals surface area contributed by atoms with Gasteiger partial charge in [-0.1, -0.05) is 13.8 Å². The molecule has 1 aromatic rings. The zero-order chi connectivity index (χ0) is 18.6. The first-order valence-corrected chi connectivity index (χ1v) is 12.7. The predicted octanol–water partition coefficient (Wildman–Crippen LogP) is 4.97. The maximum Gasteiger partial charge on any atom is 0.121 e. The van der Waals surface area contributed by atoms with Crippen LogP contribution in [-0.2, 0) is 5.54 Å². The minimum Gasteiger partial charge on any atom is -0.268 e. The molecule has 0 bridgehead atoms. The third kappa shape index (κ3) is 3.20. The number of nitrogens with zero attached hydrogens (tertiary/aromatic N) is 4. The SMILES string of the molecule is CC(C)C1=N[C@](C)(C2=N[C@](C)(C3=N[C@](C)(c4nccs4)CS3)CS2)CS1. The summed E-state index contributed by atoms with van der Waals surface area (Å²) in [5.74, 6) is 3.39. The Hall–Kier alpha value is -0.310. The highest BCUT2D eigenvalue weighted by Crippen LogP contribution is 2.46. The van der Waals surface area contributed by atoms with Gasteiger partial charge in [-0.2, -0.15) is 0 Å². The molecule has 140 valence electrons. The summed E-state index contributed by atoms with van der Waals surface area (Å²) in [5, 5.41) is 6.72. The summed E-state index contributed by atoms with van der Waals surface area (Å²) in [6.45, 7) is 11.1. The summed E-state index contributed by atoms with van der Waals surface area (Å²) in [4.78, 5) is 19.8. The molecule has 26 heavy (non-hydrogen) atoms. The summed E-state index contributed by atoms with van der Waals surface area (Å²) in [7, 11) is 0. The van der Waals surface area contributed by atoms with Crippen molar-refractivity contribution in [3.63, 3.8) is 0 Å². The van der Waals surface area contributed by atoms with Crippen LogP contribution in [0, 0.1) is 5.92 Å². The highest BCUT2D eigenvalue weighted by molar-refractivity contribution is 8.17. The van der Waals surface area contributed by atoms with E-state index >= 15 is 0 Å². The van der Waals surface area contributed by atoms with Crippen molar-refractivity contribution in [2.45, 2.75) is 51.2 Å². The number of aliphatic imine (C=N–C) groups is 3. The molecule has 4 nitrogen and oxygen atoms in total. The Labute approximate surface area is 172 Å². The molecule has 0 radical (unpaired) electrons. The van der Waals surface area contributed by atoms with Crippen molar-refractivity contribution in [2.24, 2.45) is 20.9 Å². The molecule has 0 unspecified atom stereocenters. The van der Waals surface area contributed by atoms with Crippen molar-refractivity contribution in [3.05, 3.63) is 16.6 Å². The second-order valence-electron chi connectivity index (χ2n) is 7.96. The molecule has 0 aromatic carbocycles. The van der Waals surface area contributed by atoms with Crippen LogP contribution in [0.1, 0.15) is 39.6 Å². The molecule has 0 N–H and O–H groups in total. The maximum atomic E-state index is 5.19. The van der Waals surface area contributed by atoms with Crippen molar-refractivity contribution in [2.75, 3.05) is 17.3 Å². The highest BCUT2D eigenvalue weighted by Gasteiger charge is 2.48. The summed E-state index contributed by atoms with van der Waals surface area (Å²) in [6.07, 6.45) is 1.87. The Morgan fingerprint density at radius 3 is 2.00 bits per heavy atom. The lowest BCUT2D eigenvalue weighted by Crippen LogP contribution is -2.33. The Bertz CT molecular complexity index is 800.